The van der Waals surface area contributed by atoms with Crippen molar-refractivity contribution in [2.24, 2.45) is 0 Å². The molecular weight excluding hydrogens is 312 g/mol. The summed E-state index contributed by atoms with van der Waals surface area (Å²) in [6.45, 7) is 2.13. The van der Waals surface area contributed by atoms with E-state index in [2.05, 4.69) is 43.4 Å². The molecule has 25 heavy (non-hydrogen) atoms. The fourth-order valence-corrected chi connectivity index (χ4v) is 1.87. The number of carboxylic acids is 1. The Balaban J connectivity index is 3.71. The Morgan fingerprint density at radius 3 is 2.04 bits per heavy atom. The molecule has 0 aliphatic carbocycles. The van der Waals surface area contributed by atoms with Crippen LogP contribution in [0.5, 0.6) is 0 Å². The van der Waals surface area contributed by atoms with Crippen molar-refractivity contribution in [3.8, 4) is 0 Å². The lowest BCUT2D eigenvalue weighted by Crippen LogP contribution is -1.99. The van der Waals surface area contributed by atoms with Crippen LogP contribution in [0, 0.1) is 0 Å². The lowest BCUT2D eigenvalue weighted by atomic mass is 10.2. The monoisotopic (exact) mass is 344 g/mol. The molecule has 0 saturated heterocycles. The zero-order valence-electron chi connectivity index (χ0n) is 15.3. The summed E-state index contributed by atoms with van der Waals surface area (Å²) in [6.07, 6.45) is 28.6. The predicted octanol–water partition coefficient (Wildman–Crippen LogP) is 5.52. The number of carbonyl (C=O) groups is 1. The third-order valence-corrected chi connectivity index (χ3v) is 3.20. The lowest BCUT2D eigenvalue weighted by molar-refractivity contribution is -0.136. The van der Waals surface area contributed by atoms with Gasteiger partial charge in [0.2, 0.25) is 0 Å². The first-order valence-corrected chi connectivity index (χ1v) is 9.00. The third-order valence-electron chi connectivity index (χ3n) is 3.20. The summed E-state index contributed by atoms with van der Waals surface area (Å²) in [7, 11) is 0. The molecule has 0 rings (SSSR count). The van der Waals surface area contributed by atoms with Crippen LogP contribution in [-0.4, -0.2) is 22.3 Å². The molecule has 0 spiro atoms. The highest BCUT2D eigenvalue weighted by molar-refractivity contribution is 5.66. The predicted molar refractivity (Wildman–Crippen MR) is 106 cm³/mol. The van der Waals surface area contributed by atoms with Gasteiger partial charge in [0, 0.05) is 6.42 Å². The summed E-state index contributed by atoms with van der Waals surface area (Å²) in [5.41, 5.74) is 0. The molecule has 0 fully saturated rings. The molecule has 138 valence electrons. The standard InChI is InChI=1S/C22H32O3/c1-2-3-4-5-6-7-8-9-10-11-12-13-15-18-21(23)19-16-14-17-20-22(24)25/h3-4,6-7,9-10,12-16,18,21,23H,2,5,8,11,17,19-20H2,1H3,(H,24,25)/b4-3+,7-6+,10-9+,13-12+,16-14+,18-15-/t21-/m0/s1. The van der Waals surface area contributed by atoms with E-state index in [0.29, 0.717) is 12.8 Å². The summed E-state index contributed by atoms with van der Waals surface area (Å²) in [5, 5.41) is 18.2. The maximum absolute atomic E-state index is 10.3. The molecule has 0 aliphatic heterocycles. The fourth-order valence-electron chi connectivity index (χ4n) is 1.87. The maximum Gasteiger partial charge on any atom is 0.303 e. The molecule has 0 aromatic rings. The Hall–Kier alpha value is -2.13. The molecule has 0 aromatic carbocycles. The minimum Gasteiger partial charge on any atom is -0.481 e. The Kier molecular flexibility index (Phi) is 16.7. The van der Waals surface area contributed by atoms with E-state index in [1.165, 1.54) is 0 Å². The van der Waals surface area contributed by atoms with Crippen LogP contribution in [0.2, 0.25) is 0 Å². The molecule has 0 amide bonds. The van der Waals surface area contributed by atoms with E-state index in [-0.39, 0.29) is 6.42 Å². The molecule has 3 nitrogen and oxygen atoms in total. The Labute approximate surface area is 152 Å². The quantitative estimate of drug-likeness (QED) is 0.322. The van der Waals surface area contributed by atoms with Crippen molar-refractivity contribution < 1.29 is 15.0 Å². The van der Waals surface area contributed by atoms with Crippen LogP contribution in [0.15, 0.2) is 72.9 Å². The van der Waals surface area contributed by atoms with E-state index in [4.69, 9.17) is 5.11 Å². The van der Waals surface area contributed by atoms with E-state index < -0.39 is 12.1 Å². The van der Waals surface area contributed by atoms with Crippen molar-refractivity contribution in [2.45, 2.75) is 58.0 Å². The fraction of sp³-hybridized carbons (Fsp3) is 0.409. The summed E-state index contributed by atoms with van der Waals surface area (Å²) in [4.78, 5) is 10.3. The van der Waals surface area contributed by atoms with Gasteiger partial charge in [-0.1, -0.05) is 79.8 Å². The van der Waals surface area contributed by atoms with E-state index >= 15 is 0 Å². The van der Waals surface area contributed by atoms with Gasteiger partial charge in [-0.15, -0.1) is 0 Å². The highest BCUT2D eigenvalue weighted by Gasteiger charge is 1.95. The zero-order valence-corrected chi connectivity index (χ0v) is 15.3. The van der Waals surface area contributed by atoms with Gasteiger partial charge in [-0.2, -0.15) is 0 Å². The topological polar surface area (TPSA) is 57.5 Å². The van der Waals surface area contributed by atoms with E-state index in [1.54, 1.807) is 12.2 Å². The summed E-state index contributed by atoms with van der Waals surface area (Å²) >= 11 is 0. The van der Waals surface area contributed by atoms with Crippen molar-refractivity contribution in [1.29, 1.82) is 0 Å². The Bertz CT molecular complexity index is 493. The molecule has 0 bridgehead atoms. The average molecular weight is 344 g/mol. The molecule has 0 aromatic heterocycles. The smallest absolute Gasteiger partial charge is 0.303 e. The Morgan fingerprint density at radius 2 is 1.44 bits per heavy atom. The van der Waals surface area contributed by atoms with Crippen LogP contribution < -0.4 is 0 Å². The van der Waals surface area contributed by atoms with Crippen LogP contribution in [0.4, 0.5) is 0 Å². The highest BCUT2D eigenvalue weighted by Crippen LogP contribution is 1.99. The van der Waals surface area contributed by atoms with Gasteiger partial charge in [0.05, 0.1) is 6.10 Å². The number of aliphatic hydroxyl groups is 1. The van der Waals surface area contributed by atoms with Gasteiger partial charge >= 0.3 is 5.97 Å². The summed E-state index contributed by atoms with van der Waals surface area (Å²) in [6, 6.07) is 0. The van der Waals surface area contributed by atoms with Crippen molar-refractivity contribution in [2.75, 3.05) is 0 Å². The molecule has 0 saturated carbocycles. The lowest BCUT2D eigenvalue weighted by Gasteiger charge is -1.98. The highest BCUT2D eigenvalue weighted by atomic mass is 16.4. The third kappa shape index (κ3) is 19.8. The van der Waals surface area contributed by atoms with Crippen molar-refractivity contribution in [3.05, 3.63) is 72.9 Å². The second kappa shape index (κ2) is 18.2. The summed E-state index contributed by atoms with van der Waals surface area (Å²) in [5.74, 6) is -0.801. The molecule has 1 atom stereocenters. The van der Waals surface area contributed by atoms with Gasteiger partial charge in [0.15, 0.2) is 0 Å². The first-order chi connectivity index (χ1) is 12.2. The van der Waals surface area contributed by atoms with Crippen molar-refractivity contribution >= 4 is 5.97 Å². The van der Waals surface area contributed by atoms with Gasteiger partial charge in [-0.05, 0) is 38.5 Å². The van der Waals surface area contributed by atoms with Crippen LogP contribution in [0.3, 0.4) is 0 Å². The molecule has 0 radical (unpaired) electrons. The Morgan fingerprint density at radius 1 is 0.840 bits per heavy atom. The van der Waals surface area contributed by atoms with Crippen LogP contribution in [0.1, 0.15) is 51.9 Å². The number of hydrogen-bond acceptors (Lipinski definition) is 2. The first-order valence-electron chi connectivity index (χ1n) is 9.00. The van der Waals surface area contributed by atoms with Crippen molar-refractivity contribution in [1.82, 2.24) is 0 Å². The second-order valence-electron chi connectivity index (χ2n) is 5.55. The van der Waals surface area contributed by atoms with Gasteiger partial charge in [0.25, 0.3) is 0 Å². The van der Waals surface area contributed by atoms with Crippen molar-refractivity contribution in [3.63, 3.8) is 0 Å². The number of allylic oxidation sites excluding steroid dienone is 10. The van der Waals surface area contributed by atoms with Gasteiger partial charge in [-0.3, -0.25) is 4.79 Å². The number of rotatable bonds is 14. The van der Waals surface area contributed by atoms with E-state index in [9.17, 15) is 9.90 Å². The molecule has 3 heteroatoms. The minimum atomic E-state index is -0.801. The SMILES string of the molecule is CC/C=C/C/C=C/C/C=C/C/C=C/C=C\[C@H](O)C/C=C/CCC(=O)O. The van der Waals surface area contributed by atoms with Crippen LogP contribution >= 0.6 is 0 Å². The zero-order chi connectivity index (χ0) is 18.6. The number of aliphatic carboxylic acids is 1. The summed E-state index contributed by atoms with van der Waals surface area (Å²) < 4.78 is 0. The molecule has 0 aliphatic rings. The van der Waals surface area contributed by atoms with Crippen LogP contribution in [0.25, 0.3) is 0 Å². The molecule has 2 N–H and O–H groups in total. The second-order valence-corrected chi connectivity index (χ2v) is 5.55. The normalized spacial score (nSPS) is 14.3. The van der Waals surface area contributed by atoms with Crippen LogP contribution in [-0.2, 0) is 4.79 Å². The number of carboxylic acid groups (broad SMARTS) is 1. The molecular formula is C22H32O3. The first kappa shape index (κ1) is 22.9. The van der Waals surface area contributed by atoms with E-state index in [0.717, 1.165) is 25.7 Å². The maximum atomic E-state index is 10.3. The van der Waals surface area contributed by atoms with Gasteiger partial charge < -0.3 is 10.2 Å². The van der Waals surface area contributed by atoms with Gasteiger partial charge in [-0.25, -0.2) is 0 Å². The van der Waals surface area contributed by atoms with E-state index in [1.807, 2.05) is 24.3 Å². The molecule has 0 heterocycles. The number of aliphatic hydroxyl groups excluding tert-OH is 1. The van der Waals surface area contributed by atoms with Gasteiger partial charge in [0.1, 0.15) is 0 Å². The largest absolute Gasteiger partial charge is 0.481 e. The number of hydrogen-bond donors (Lipinski definition) is 2. The average Bonchev–Trinajstić information content (AvgIpc) is 2.58. The molecule has 0 unspecified atom stereocenters. The minimum absolute atomic E-state index is 0.129.